The highest BCUT2D eigenvalue weighted by Crippen LogP contribution is 2.08. The third kappa shape index (κ3) is 6.70. The number of nitrogens with two attached hydrogens (primary N) is 1. The summed E-state index contributed by atoms with van der Waals surface area (Å²) >= 11 is 0. The SMILES string of the molecule is CC[C@H](C)[C@H](N)C(=O)N[C@@H](Cc1cnc[nH]1)C(=O)N[C@@H](Cc1ccccc1)C(=O)O. The summed E-state index contributed by atoms with van der Waals surface area (Å²) in [5, 5.41) is 14.8. The molecule has 1 heterocycles. The summed E-state index contributed by atoms with van der Waals surface area (Å²) in [6, 6.07) is 6.10. The van der Waals surface area contributed by atoms with Crippen LogP contribution in [0.5, 0.6) is 0 Å². The molecule has 162 valence electrons. The van der Waals surface area contributed by atoms with Gasteiger partial charge in [0.15, 0.2) is 0 Å². The molecule has 2 aromatic rings. The third-order valence-corrected chi connectivity index (χ3v) is 5.07. The molecule has 9 nitrogen and oxygen atoms in total. The molecule has 1 aromatic heterocycles. The van der Waals surface area contributed by atoms with E-state index in [0.717, 1.165) is 5.56 Å². The number of carboxylic acids is 1. The van der Waals surface area contributed by atoms with Gasteiger partial charge in [0, 0.05) is 24.7 Å². The Balaban J connectivity index is 2.13. The van der Waals surface area contributed by atoms with Crippen molar-refractivity contribution in [3.05, 3.63) is 54.1 Å². The Bertz CT molecular complexity index is 825. The van der Waals surface area contributed by atoms with Crippen LogP contribution in [0.25, 0.3) is 0 Å². The molecule has 2 rings (SSSR count). The fraction of sp³-hybridized carbons (Fsp3) is 0.429. The first kappa shape index (κ1) is 23.1. The summed E-state index contributed by atoms with van der Waals surface area (Å²) < 4.78 is 0. The molecule has 0 spiro atoms. The maximum absolute atomic E-state index is 12.9. The molecule has 0 radical (unpaired) electrons. The standard InChI is InChI=1S/C21H29N5O4/c1-3-13(2)18(22)20(28)25-16(10-15-11-23-12-24-15)19(27)26-17(21(29)30)9-14-7-5-4-6-8-14/h4-8,11-13,16-18H,3,9-10,22H2,1-2H3,(H,23,24)(H,25,28)(H,26,27)(H,29,30)/t13-,16-,17-,18-/m0/s1. The van der Waals surface area contributed by atoms with E-state index in [1.54, 1.807) is 30.5 Å². The van der Waals surface area contributed by atoms with Gasteiger partial charge in [-0.25, -0.2) is 9.78 Å². The van der Waals surface area contributed by atoms with Crippen LogP contribution in [0.15, 0.2) is 42.9 Å². The number of imidazole rings is 1. The Labute approximate surface area is 175 Å². The first-order valence-corrected chi connectivity index (χ1v) is 9.92. The van der Waals surface area contributed by atoms with Crippen LogP contribution in [0, 0.1) is 5.92 Å². The van der Waals surface area contributed by atoms with Crippen molar-refractivity contribution in [2.24, 2.45) is 11.7 Å². The van der Waals surface area contributed by atoms with Crippen molar-refractivity contribution < 1.29 is 19.5 Å². The van der Waals surface area contributed by atoms with Crippen LogP contribution < -0.4 is 16.4 Å². The van der Waals surface area contributed by atoms with Crippen molar-refractivity contribution in [3.8, 4) is 0 Å². The number of benzene rings is 1. The zero-order valence-corrected chi connectivity index (χ0v) is 17.2. The van der Waals surface area contributed by atoms with Gasteiger partial charge in [-0.3, -0.25) is 9.59 Å². The van der Waals surface area contributed by atoms with E-state index in [4.69, 9.17) is 5.73 Å². The highest BCUT2D eigenvalue weighted by Gasteiger charge is 2.29. The van der Waals surface area contributed by atoms with Crippen molar-refractivity contribution >= 4 is 17.8 Å². The van der Waals surface area contributed by atoms with Crippen molar-refractivity contribution in [2.45, 2.75) is 51.2 Å². The molecule has 30 heavy (non-hydrogen) atoms. The minimum Gasteiger partial charge on any atom is -0.480 e. The van der Waals surface area contributed by atoms with Crippen LogP contribution in [0.2, 0.25) is 0 Å². The van der Waals surface area contributed by atoms with Gasteiger partial charge < -0.3 is 26.5 Å². The minimum absolute atomic E-state index is 0.0642. The highest BCUT2D eigenvalue weighted by atomic mass is 16.4. The van der Waals surface area contributed by atoms with Gasteiger partial charge in [-0.15, -0.1) is 0 Å². The van der Waals surface area contributed by atoms with E-state index < -0.39 is 35.9 Å². The van der Waals surface area contributed by atoms with Crippen LogP contribution in [-0.2, 0) is 27.2 Å². The predicted molar refractivity (Wildman–Crippen MR) is 111 cm³/mol. The maximum Gasteiger partial charge on any atom is 0.326 e. The quantitative estimate of drug-likeness (QED) is 0.363. The lowest BCUT2D eigenvalue weighted by atomic mass is 9.98. The second kappa shape index (κ2) is 11.1. The van der Waals surface area contributed by atoms with Crippen molar-refractivity contribution in [2.75, 3.05) is 0 Å². The Morgan fingerprint density at radius 1 is 1.10 bits per heavy atom. The lowest BCUT2D eigenvalue weighted by molar-refractivity contribution is -0.142. The van der Waals surface area contributed by atoms with Crippen LogP contribution in [0.1, 0.15) is 31.5 Å². The van der Waals surface area contributed by atoms with Gasteiger partial charge in [-0.2, -0.15) is 0 Å². The van der Waals surface area contributed by atoms with E-state index in [-0.39, 0.29) is 18.8 Å². The zero-order valence-electron chi connectivity index (χ0n) is 17.2. The summed E-state index contributed by atoms with van der Waals surface area (Å²) in [4.78, 5) is 43.9. The molecule has 0 aliphatic carbocycles. The van der Waals surface area contributed by atoms with E-state index in [1.807, 2.05) is 19.9 Å². The lowest BCUT2D eigenvalue weighted by Gasteiger charge is -2.24. The lowest BCUT2D eigenvalue weighted by Crippen LogP contribution is -2.56. The number of amides is 2. The summed E-state index contributed by atoms with van der Waals surface area (Å²) in [5.41, 5.74) is 7.39. The minimum atomic E-state index is -1.16. The van der Waals surface area contributed by atoms with E-state index in [9.17, 15) is 19.5 Å². The molecule has 0 aliphatic heterocycles. The van der Waals surface area contributed by atoms with Gasteiger partial charge in [0.1, 0.15) is 12.1 Å². The molecule has 9 heteroatoms. The fourth-order valence-electron chi connectivity index (χ4n) is 2.93. The number of aromatic amines is 1. The van der Waals surface area contributed by atoms with E-state index in [2.05, 4.69) is 20.6 Å². The Morgan fingerprint density at radius 3 is 2.33 bits per heavy atom. The largest absolute Gasteiger partial charge is 0.480 e. The molecule has 1 aromatic carbocycles. The van der Waals surface area contributed by atoms with Crippen molar-refractivity contribution in [1.82, 2.24) is 20.6 Å². The number of carbonyl (C=O) groups is 3. The summed E-state index contributed by atoms with van der Waals surface area (Å²) in [6.45, 7) is 3.78. The van der Waals surface area contributed by atoms with Gasteiger partial charge >= 0.3 is 5.97 Å². The second-order valence-corrected chi connectivity index (χ2v) is 7.34. The van der Waals surface area contributed by atoms with Gasteiger partial charge in [0.2, 0.25) is 11.8 Å². The number of hydrogen-bond acceptors (Lipinski definition) is 5. The number of aliphatic carboxylic acids is 1. The van der Waals surface area contributed by atoms with Crippen LogP contribution in [0.4, 0.5) is 0 Å². The average molecular weight is 415 g/mol. The van der Waals surface area contributed by atoms with Crippen molar-refractivity contribution in [3.63, 3.8) is 0 Å². The van der Waals surface area contributed by atoms with Crippen LogP contribution in [-0.4, -0.2) is 51.0 Å². The monoisotopic (exact) mass is 415 g/mol. The summed E-state index contributed by atoms with van der Waals surface area (Å²) in [7, 11) is 0. The van der Waals surface area contributed by atoms with Gasteiger partial charge in [0.25, 0.3) is 0 Å². The first-order valence-electron chi connectivity index (χ1n) is 9.92. The zero-order chi connectivity index (χ0) is 22.1. The Morgan fingerprint density at radius 2 is 1.77 bits per heavy atom. The van der Waals surface area contributed by atoms with Gasteiger partial charge in [-0.05, 0) is 11.5 Å². The van der Waals surface area contributed by atoms with E-state index in [0.29, 0.717) is 12.1 Å². The maximum atomic E-state index is 12.9. The molecule has 0 unspecified atom stereocenters. The molecule has 0 bridgehead atoms. The normalized spacial score (nSPS) is 14.9. The molecule has 0 saturated carbocycles. The molecular weight excluding hydrogens is 386 g/mol. The average Bonchev–Trinajstić information content (AvgIpc) is 3.25. The Kier molecular flexibility index (Phi) is 8.54. The number of rotatable bonds is 11. The number of nitrogens with one attached hydrogen (secondary N) is 3. The van der Waals surface area contributed by atoms with Gasteiger partial charge in [-0.1, -0.05) is 50.6 Å². The molecule has 0 aliphatic rings. The van der Waals surface area contributed by atoms with Crippen LogP contribution >= 0.6 is 0 Å². The summed E-state index contributed by atoms with van der Waals surface area (Å²) in [5.74, 6) is -2.28. The topological polar surface area (TPSA) is 150 Å². The molecule has 0 saturated heterocycles. The fourth-order valence-corrected chi connectivity index (χ4v) is 2.93. The molecular formula is C21H29N5O4. The number of hydrogen-bond donors (Lipinski definition) is 5. The molecule has 2 amide bonds. The predicted octanol–water partition coefficient (Wildman–Crippen LogP) is 0.623. The molecule has 4 atom stereocenters. The second-order valence-electron chi connectivity index (χ2n) is 7.34. The van der Waals surface area contributed by atoms with E-state index in [1.165, 1.54) is 6.33 Å². The number of carboxylic acid groups (broad SMARTS) is 1. The number of H-pyrrole nitrogens is 1. The number of nitrogens with zero attached hydrogens (tertiary/aromatic N) is 1. The van der Waals surface area contributed by atoms with Gasteiger partial charge in [0.05, 0.1) is 12.4 Å². The molecule has 0 fully saturated rings. The van der Waals surface area contributed by atoms with Crippen molar-refractivity contribution in [1.29, 1.82) is 0 Å². The number of aromatic nitrogens is 2. The molecule has 6 N–H and O–H groups in total. The number of carbonyl (C=O) groups excluding carboxylic acids is 2. The highest BCUT2D eigenvalue weighted by molar-refractivity contribution is 5.92. The smallest absolute Gasteiger partial charge is 0.326 e. The summed E-state index contributed by atoms with van der Waals surface area (Å²) in [6.07, 6.45) is 3.97. The Hall–Kier alpha value is -3.20. The third-order valence-electron chi connectivity index (χ3n) is 5.07. The van der Waals surface area contributed by atoms with E-state index >= 15 is 0 Å². The first-order chi connectivity index (χ1) is 14.3. The van der Waals surface area contributed by atoms with Crippen LogP contribution in [0.3, 0.4) is 0 Å².